The second-order valence-corrected chi connectivity index (χ2v) is 42.8. The number of aliphatic hydroxyl groups is 16. The van der Waals surface area contributed by atoms with E-state index in [4.69, 9.17) is 200 Å². The van der Waals surface area contributed by atoms with Gasteiger partial charge in [-0.3, -0.25) is 9.36 Å². The van der Waals surface area contributed by atoms with Crippen LogP contribution in [0, 0.1) is 49.5 Å². The first-order valence-electron chi connectivity index (χ1n) is 44.9. The van der Waals surface area contributed by atoms with E-state index in [1.807, 2.05) is 39.2 Å². The van der Waals surface area contributed by atoms with E-state index in [1.165, 1.54) is 17.6 Å². The van der Waals surface area contributed by atoms with E-state index in [0.717, 1.165) is 95.6 Å². The maximum Gasteiger partial charge on any atom is 0.454 e. The topological polar surface area (TPSA) is 471 Å². The van der Waals surface area contributed by atoms with Crippen LogP contribution < -0.4 is 4.90 Å². The lowest BCUT2D eigenvalue weighted by Gasteiger charge is -2.28. The van der Waals surface area contributed by atoms with Crippen LogP contribution >= 0.6 is 185 Å². The molecule has 8 saturated heterocycles. The number of aliphatic hydroxyl groups excluding tert-OH is 16. The highest BCUT2D eigenvalue weighted by Crippen LogP contribution is 2.53. The molecule has 792 valence electrons. The lowest BCUT2D eigenvalue weighted by molar-refractivity contribution is -0.199. The first kappa shape index (κ1) is 115. The number of Topliss-reactive ketones (excluding diaryl/α,β-unsaturated/α-hetero) is 1. The second-order valence-electron chi connectivity index (χ2n) is 36.1. The number of fused-ring (bicyclic) bond motifs is 7. The summed E-state index contributed by atoms with van der Waals surface area (Å²) in [6, 6.07) is 21.8. The number of nitrogens with zero attached hydrogens (tertiary/aromatic N) is 8. The molecule has 0 amide bonds. The zero-order chi connectivity index (χ0) is 107. The average Bonchev–Trinajstić information content (AvgIpc) is 1.46. The van der Waals surface area contributed by atoms with Crippen molar-refractivity contribution < 1.29 is 138 Å². The van der Waals surface area contributed by atoms with Crippen LogP contribution in [-0.2, 0) is 37.9 Å². The Bertz CT molecular complexity index is 6750. The molecule has 0 aliphatic carbocycles. The van der Waals surface area contributed by atoms with Gasteiger partial charge in [-0.15, -0.1) is 0 Å². The van der Waals surface area contributed by atoms with Crippen LogP contribution in [0.1, 0.15) is 114 Å². The van der Waals surface area contributed by atoms with E-state index in [-0.39, 0.29) is 51.6 Å². The Balaban J connectivity index is 0.000000132. The average molecular weight is 2430 g/mol. The Morgan fingerprint density at radius 3 is 1.09 bits per heavy atom. The van der Waals surface area contributed by atoms with Crippen molar-refractivity contribution in [2.45, 2.75) is 221 Å². The Morgan fingerprint density at radius 2 is 0.705 bits per heavy atom. The predicted molar refractivity (Wildman–Crippen MR) is 555 cm³/mol. The van der Waals surface area contributed by atoms with Crippen molar-refractivity contribution in [3.05, 3.63) is 198 Å². The molecular weight excluding hydrogens is 2330 g/mol. The fraction of sp³-hybridized carbons (Fsp3) is 0.453. The molecule has 20 rings (SSSR count). The largest absolute Gasteiger partial charge is 0.454 e. The zero-order valence-electron chi connectivity index (χ0n) is 77.4. The number of rotatable bonds is 15. The number of hydrogen-bond acceptors (Lipinski definition) is 27. The Morgan fingerprint density at radius 1 is 0.404 bits per heavy atom. The molecule has 6 unspecified atom stereocenters. The van der Waals surface area contributed by atoms with Crippen molar-refractivity contribution in [3.63, 3.8) is 0 Å². The smallest absolute Gasteiger partial charge is 0.394 e. The van der Waals surface area contributed by atoms with Gasteiger partial charge in [0.25, 0.3) is 5.78 Å². The number of aromatic nitrogens is 6. The quantitative estimate of drug-likeness (QED) is 0.0335. The van der Waals surface area contributed by atoms with E-state index in [0.29, 0.717) is 93.9 Å². The van der Waals surface area contributed by atoms with Gasteiger partial charge in [0, 0.05) is 77.3 Å². The summed E-state index contributed by atoms with van der Waals surface area (Å²) in [5.74, 6) is -2.10. The van der Waals surface area contributed by atoms with Gasteiger partial charge in [0.05, 0.1) is 144 Å². The molecule has 6 aromatic carbocycles. The van der Waals surface area contributed by atoms with Gasteiger partial charge in [-0.05, 0) is 162 Å². The summed E-state index contributed by atoms with van der Waals surface area (Å²) in [5, 5.41) is 175. The van der Waals surface area contributed by atoms with Gasteiger partial charge in [0.2, 0.25) is 0 Å². The molecule has 0 radical (unpaired) electrons. The van der Waals surface area contributed by atoms with Crippen molar-refractivity contribution in [2.24, 2.45) is 0 Å². The van der Waals surface area contributed by atoms with Crippen molar-refractivity contribution in [1.29, 1.82) is 5.26 Å². The maximum atomic E-state index is 13.1. The van der Waals surface area contributed by atoms with Crippen LogP contribution in [-0.4, -0.2) is 289 Å². The molecular formula is C95H96Cl14F3IN8O25. The van der Waals surface area contributed by atoms with Crippen molar-refractivity contribution in [2.75, 3.05) is 57.6 Å². The van der Waals surface area contributed by atoms with Gasteiger partial charge in [-0.2, -0.15) is 18.4 Å². The van der Waals surface area contributed by atoms with Crippen LogP contribution in [0.5, 0.6) is 0 Å². The number of nitriles is 1. The molecule has 12 aromatic rings. The van der Waals surface area contributed by atoms with Gasteiger partial charge in [-0.25, -0.2) is 0 Å². The SMILES string of the molecule is C=Cc1c(Cl)n([C@@H]2O[C@H](CO)C(O)[C@@H]2O)c2cc(Cl)c(Cl)cc12.CC1(C)OC2[C@@H](CO)O[C@@H](n3c(N4CCCC4)c(C#N)c4cc(Cl)c(Cl)cc43)[C@H]2O1.Cc1c(C(=O)C(F)(F)F)c2cc(Cl)c(Cl)cc2n1[C@@H]1O[C@H](CO)C(O)[C@@H]1O.Cc1c(C)n([C@@H]2O[C@H](CO)C(O)[C@@H]2O)c2cc(Cl)c(Cl)cc12.Cc1c(Cl)c2cc(Cl)c(Cl)cc2n1[C@@H]1O[C@H](CO)C(O)[C@@H]1O.Cc1c(I)c2cc(Cl)c(Cl)cc2n1[C@@H]1O[C@H](CO)C(O)[C@@H]1O. The number of benzene rings is 6. The summed E-state index contributed by atoms with van der Waals surface area (Å²) in [6.45, 7) is 15.5. The van der Waals surface area contributed by atoms with Crippen LogP contribution in [0.2, 0.25) is 70.4 Å². The first-order chi connectivity index (χ1) is 68.8. The number of hydrogen-bond donors (Lipinski definition) is 16. The highest BCUT2D eigenvalue weighted by Gasteiger charge is 2.58. The Hall–Kier alpha value is -5.12. The fourth-order valence-corrected chi connectivity index (χ4v) is 22.9. The number of aryl methyl sites for hydroxylation is 1. The number of halogens is 18. The molecule has 146 heavy (non-hydrogen) atoms. The van der Waals surface area contributed by atoms with Crippen molar-refractivity contribution in [3.8, 4) is 6.07 Å². The molecule has 8 aliphatic heterocycles. The number of carbonyl (C=O) groups is 1. The van der Waals surface area contributed by atoms with Crippen LogP contribution in [0.15, 0.2) is 79.4 Å². The summed E-state index contributed by atoms with van der Waals surface area (Å²) in [4.78, 5) is 14.2. The summed E-state index contributed by atoms with van der Waals surface area (Å²) >= 11 is 88.1. The molecule has 8 fully saturated rings. The number of anilines is 1. The van der Waals surface area contributed by atoms with Crippen molar-refractivity contribution >= 4 is 268 Å². The molecule has 0 spiro atoms. The molecule has 33 nitrogen and oxygen atoms in total. The van der Waals surface area contributed by atoms with Gasteiger partial charge in [0.15, 0.2) is 43.2 Å². The van der Waals surface area contributed by atoms with E-state index in [9.17, 15) is 105 Å². The number of ketones is 1. The zero-order valence-corrected chi connectivity index (χ0v) is 90.1. The first-order valence-corrected chi connectivity index (χ1v) is 51.3. The van der Waals surface area contributed by atoms with Gasteiger partial charge in [-0.1, -0.05) is 175 Å². The third-order valence-corrected chi connectivity index (χ3v) is 33.5. The summed E-state index contributed by atoms with van der Waals surface area (Å²) in [6.07, 6.45) is -25.2. The minimum atomic E-state index is -5.14. The second kappa shape index (κ2) is 45.7. The monoisotopic (exact) mass is 2420 g/mol. The molecule has 0 saturated carbocycles. The Kier molecular flexibility index (Phi) is 36.0. The lowest BCUT2D eigenvalue weighted by atomic mass is 10.1. The fourth-order valence-electron chi connectivity index (χ4n) is 19.7. The molecule has 51 heteroatoms. The van der Waals surface area contributed by atoms with Crippen LogP contribution in [0.3, 0.4) is 0 Å². The molecule has 6 aromatic heterocycles. The van der Waals surface area contributed by atoms with Gasteiger partial charge >= 0.3 is 6.18 Å². The number of ether oxygens (including phenoxy) is 8. The minimum absolute atomic E-state index is 0.0145. The van der Waals surface area contributed by atoms with E-state index < -0.39 is 190 Å². The summed E-state index contributed by atoms with van der Waals surface area (Å²) in [7, 11) is 0. The molecule has 24 atom stereocenters. The standard InChI is InChI=1S/C21H23Cl2N3O4.C16H14Cl2F3NO5.C15H14Cl3NO4.C15H17Cl2NO4.C14H14Cl3NO4.C14H14Cl2INO4/c1-21(2)29-17-16(10-27)28-20(18(17)30-21)26-15-8-14(23)13(22)7-11(15)12(9-24)19(26)25-5-3-4-6-25;1-5-11(14(26)16(19,20)21)6-2-7(17)8(18)3-9(6)22(5)15-13(25)12(24)10(4-23)27-15;1-2-6-7-3-8(16)9(17)4-10(7)19(14(6)18)15-13(22)12(21)11(5-20)23-15;1-6-7(2)18(11-4-10(17)9(16)3-8(6)11)15-14(21)13(20)12(5-19)22-15;2*1-5-11(17)6-2-7(15)8(16)3-9(6)18(5)14-13(21)12(20)10(4-19)22-14/h7-8,16-18,20,27H,3-6,10H2,1-2H3;2-3,10,12-13,15,23-25H,4H2,1H3;2-4,11-13,15,20-22H,1,5H2;3-4,12-15,19-21H,5H2,1-2H3;2*2-3,10,12-14,19-21H,4H2,1H3/t16-,17?,18+,20-;10-,12?,13+,15-;11-,12?,13+,15-;12-,13?,14+,15-;2*10-,12?,13+,14-/m111111/s1. The van der Waals surface area contributed by atoms with Gasteiger partial charge < -0.3 is 147 Å². The predicted octanol–water partition coefficient (Wildman–Crippen LogP) is 16.5. The molecule has 8 aliphatic rings. The lowest BCUT2D eigenvalue weighted by Crippen LogP contribution is -2.33. The van der Waals surface area contributed by atoms with E-state index in [2.05, 4.69) is 40.1 Å². The van der Waals surface area contributed by atoms with Crippen LogP contribution in [0.4, 0.5) is 19.0 Å². The number of alkyl halides is 3. The van der Waals surface area contributed by atoms with Gasteiger partial charge in [0.1, 0.15) is 132 Å². The van der Waals surface area contributed by atoms with Crippen LogP contribution in [0.25, 0.3) is 71.5 Å². The molecule has 16 N–H and O–H groups in total. The Labute approximate surface area is 913 Å². The maximum absolute atomic E-state index is 13.1. The highest BCUT2D eigenvalue weighted by molar-refractivity contribution is 14.1. The highest BCUT2D eigenvalue weighted by atomic mass is 127. The number of carbonyl (C=O) groups excluding carboxylic acids is 1. The van der Waals surface area contributed by atoms with Crippen molar-refractivity contribution in [1.82, 2.24) is 27.4 Å². The van der Waals surface area contributed by atoms with E-state index >= 15 is 0 Å². The van der Waals surface area contributed by atoms with E-state index in [1.54, 1.807) is 87.4 Å². The molecule has 14 heterocycles. The summed E-state index contributed by atoms with van der Waals surface area (Å²) in [5.41, 5.74) is 7.25. The molecule has 0 bridgehead atoms. The third kappa shape index (κ3) is 21.1. The summed E-state index contributed by atoms with van der Waals surface area (Å²) < 4.78 is 96.4. The third-order valence-electron chi connectivity index (χ3n) is 27.0. The normalized spacial score (nSPS) is 28.4. The minimum Gasteiger partial charge on any atom is -0.394 e.